The molecule has 0 aromatic heterocycles. The molecular formula is C15H21ClN2O3. The molecule has 0 saturated heterocycles. The fourth-order valence-electron chi connectivity index (χ4n) is 2.79. The summed E-state index contributed by atoms with van der Waals surface area (Å²) >= 11 is 0. The van der Waals surface area contributed by atoms with Crippen LogP contribution >= 0.6 is 12.4 Å². The van der Waals surface area contributed by atoms with Gasteiger partial charge < -0.3 is 20.5 Å². The summed E-state index contributed by atoms with van der Waals surface area (Å²) in [6.45, 7) is 1.09. The van der Waals surface area contributed by atoms with Crippen LogP contribution in [0.15, 0.2) is 18.2 Å². The number of carbonyl (C=O) groups is 1. The minimum atomic E-state index is -0.731. The summed E-state index contributed by atoms with van der Waals surface area (Å²) in [7, 11) is 0. The number of carbonyl (C=O) groups excluding carboxylic acids is 1. The standard InChI is InChI=1S/C15H20N2O3.ClH/c16-15(6-2-1-3-7-15)14(18)17-11-4-5-12-13(10-11)20-9-8-19-12;/h4-5,10H,1-3,6-9,16H2,(H,17,18);1H. The second-order valence-electron chi connectivity index (χ2n) is 5.53. The Morgan fingerprint density at radius 2 is 1.76 bits per heavy atom. The third kappa shape index (κ3) is 3.41. The molecule has 5 nitrogen and oxygen atoms in total. The Hall–Kier alpha value is -1.46. The Morgan fingerprint density at radius 1 is 1.10 bits per heavy atom. The van der Waals surface area contributed by atoms with Crippen molar-refractivity contribution in [3.63, 3.8) is 0 Å². The van der Waals surface area contributed by atoms with Crippen LogP contribution < -0.4 is 20.5 Å². The molecule has 0 atom stereocenters. The summed E-state index contributed by atoms with van der Waals surface area (Å²) < 4.78 is 11.0. The normalized spacial score (nSPS) is 19.3. The number of anilines is 1. The summed E-state index contributed by atoms with van der Waals surface area (Å²) in [5.74, 6) is 1.28. The van der Waals surface area contributed by atoms with Crippen LogP contribution in [0.4, 0.5) is 5.69 Å². The van der Waals surface area contributed by atoms with Crippen molar-refractivity contribution in [2.75, 3.05) is 18.5 Å². The van der Waals surface area contributed by atoms with Gasteiger partial charge in [-0.3, -0.25) is 4.79 Å². The topological polar surface area (TPSA) is 73.6 Å². The molecule has 1 aliphatic heterocycles. The van der Waals surface area contributed by atoms with E-state index < -0.39 is 5.54 Å². The van der Waals surface area contributed by atoms with Gasteiger partial charge in [-0.05, 0) is 25.0 Å². The van der Waals surface area contributed by atoms with Gasteiger partial charge in [0.1, 0.15) is 13.2 Å². The highest BCUT2D eigenvalue weighted by Crippen LogP contribution is 2.33. The van der Waals surface area contributed by atoms with E-state index in [0.717, 1.165) is 37.9 Å². The predicted octanol–water partition coefficient (Wildman–Crippen LogP) is 2.48. The number of ether oxygens (including phenoxy) is 2. The average molecular weight is 313 g/mol. The number of hydrogen-bond donors (Lipinski definition) is 2. The van der Waals surface area contributed by atoms with Crippen LogP contribution in [0.25, 0.3) is 0 Å². The van der Waals surface area contributed by atoms with Gasteiger partial charge in [-0.25, -0.2) is 0 Å². The Kier molecular flexibility index (Phi) is 4.96. The van der Waals surface area contributed by atoms with Crippen LogP contribution in [0.2, 0.25) is 0 Å². The molecule has 1 aromatic rings. The first-order valence-electron chi connectivity index (χ1n) is 7.17. The zero-order valence-electron chi connectivity index (χ0n) is 11.9. The van der Waals surface area contributed by atoms with Crippen molar-refractivity contribution in [1.29, 1.82) is 0 Å². The van der Waals surface area contributed by atoms with Gasteiger partial charge in [0.05, 0.1) is 5.54 Å². The van der Waals surface area contributed by atoms with E-state index in [2.05, 4.69) is 5.32 Å². The molecule has 1 amide bonds. The quantitative estimate of drug-likeness (QED) is 0.880. The molecule has 1 aromatic carbocycles. The number of amides is 1. The molecule has 0 unspecified atom stereocenters. The highest BCUT2D eigenvalue weighted by atomic mass is 35.5. The molecule has 0 radical (unpaired) electrons. The van der Waals surface area contributed by atoms with Gasteiger partial charge in [-0.15, -0.1) is 12.4 Å². The maximum Gasteiger partial charge on any atom is 0.244 e. The van der Waals surface area contributed by atoms with Crippen LogP contribution in [0, 0.1) is 0 Å². The highest BCUT2D eigenvalue weighted by Gasteiger charge is 2.35. The third-order valence-electron chi connectivity index (χ3n) is 4.00. The van der Waals surface area contributed by atoms with E-state index in [1.165, 1.54) is 0 Å². The van der Waals surface area contributed by atoms with Crippen LogP contribution in [-0.4, -0.2) is 24.7 Å². The van der Waals surface area contributed by atoms with Gasteiger partial charge in [-0.2, -0.15) is 0 Å². The van der Waals surface area contributed by atoms with Crippen molar-refractivity contribution >= 4 is 24.0 Å². The molecule has 1 saturated carbocycles. The molecule has 1 aliphatic carbocycles. The first-order chi connectivity index (χ1) is 9.67. The van der Waals surface area contributed by atoms with Gasteiger partial charge in [0.15, 0.2) is 11.5 Å². The van der Waals surface area contributed by atoms with Crippen molar-refractivity contribution in [3.8, 4) is 11.5 Å². The summed E-state index contributed by atoms with van der Waals surface area (Å²) in [4.78, 5) is 12.3. The van der Waals surface area contributed by atoms with Crippen molar-refractivity contribution in [1.82, 2.24) is 0 Å². The number of nitrogens with two attached hydrogens (primary N) is 1. The van der Waals surface area contributed by atoms with Crippen LogP contribution in [-0.2, 0) is 4.79 Å². The molecule has 21 heavy (non-hydrogen) atoms. The summed E-state index contributed by atoms with van der Waals surface area (Å²) in [5.41, 5.74) is 6.19. The van der Waals surface area contributed by atoms with Crippen LogP contribution in [0.3, 0.4) is 0 Å². The van der Waals surface area contributed by atoms with E-state index in [1.54, 1.807) is 6.07 Å². The largest absolute Gasteiger partial charge is 0.486 e. The van der Waals surface area contributed by atoms with Crippen molar-refractivity contribution in [2.24, 2.45) is 5.73 Å². The minimum absolute atomic E-state index is 0. The zero-order chi connectivity index (χ0) is 14.0. The summed E-state index contributed by atoms with van der Waals surface area (Å²) in [5, 5.41) is 2.90. The second-order valence-corrected chi connectivity index (χ2v) is 5.53. The molecule has 116 valence electrons. The molecule has 2 aliphatic rings. The lowest BCUT2D eigenvalue weighted by atomic mass is 9.82. The number of rotatable bonds is 2. The molecule has 0 bridgehead atoms. The summed E-state index contributed by atoms with van der Waals surface area (Å²) in [6, 6.07) is 5.42. The zero-order valence-corrected chi connectivity index (χ0v) is 12.7. The SMILES string of the molecule is Cl.NC1(C(=O)Nc2ccc3c(c2)OCCO3)CCCCC1. The Morgan fingerprint density at radius 3 is 2.48 bits per heavy atom. The van der Waals surface area contributed by atoms with E-state index in [1.807, 2.05) is 12.1 Å². The fraction of sp³-hybridized carbons (Fsp3) is 0.533. The summed E-state index contributed by atoms with van der Waals surface area (Å²) in [6.07, 6.45) is 4.71. The van der Waals surface area contributed by atoms with Crippen LogP contribution in [0.5, 0.6) is 11.5 Å². The first-order valence-corrected chi connectivity index (χ1v) is 7.17. The molecule has 1 fully saturated rings. The average Bonchev–Trinajstić information content (AvgIpc) is 2.48. The number of hydrogen-bond acceptors (Lipinski definition) is 4. The number of halogens is 1. The maximum absolute atomic E-state index is 12.3. The van der Waals surface area contributed by atoms with E-state index in [-0.39, 0.29) is 18.3 Å². The third-order valence-corrected chi connectivity index (χ3v) is 4.00. The van der Waals surface area contributed by atoms with Gasteiger partial charge in [-0.1, -0.05) is 19.3 Å². The Labute approximate surface area is 130 Å². The number of benzene rings is 1. The molecule has 3 N–H and O–H groups in total. The van der Waals surface area contributed by atoms with Gasteiger partial charge >= 0.3 is 0 Å². The second kappa shape index (κ2) is 6.54. The maximum atomic E-state index is 12.3. The first kappa shape index (κ1) is 15.9. The van der Waals surface area contributed by atoms with Crippen LogP contribution in [0.1, 0.15) is 32.1 Å². The lowest BCUT2D eigenvalue weighted by Gasteiger charge is -2.31. The highest BCUT2D eigenvalue weighted by molar-refractivity contribution is 5.98. The fourth-order valence-corrected chi connectivity index (χ4v) is 2.79. The van der Waals surface area contributed by atoms with E-state index in [9.17, 15) is 4.79 Å². The molecule has 0 spiro atoms. The molecular weight excluding hydrogens is 292 g/mol. The van der Waals surface area contributed by atoms with Crippen molar-refractivity contribution in [2.45, 2.75) is 37.6 Å². The Balaban J connectivity index is 0.00000161. The van der Waals surface area contributed by atoms with E-state index in [0.29, 0.717) is 24.7 Å². The lowest BCUT2D eigenvalue weighted by molar-refractivity contribution is -0.122. The van der Waals surface area contributed by atoms with Gasteiger partial charge in [0, 0.05) is 11.8 Å². The van der Waals surface area contributed by atoms with Gasteiger partial charge in [0.25, 0.3) is 0 Å². The van der Waals surface area contributed by atoms with Gasteiger partial charge in [0.2, 0.25) is 5.91 Å². The monoisotopic (exact) mass is 312 g/mol. The molecule has 6 heteroatoms. The predicted molar refractivity (Wildman–Crippen MR) is 83.3 cm³/mol. The van der Waals surface area contributed by atoms with Crippen molar-refractivity contribution < 1.29 is 14.3 Å². The van der Waals surface area contributed by atoms with Crippen molar-refractivity contribution in [3.05, 3.63) is 18.2 Å². The van der Waals surface area contributed by atoms with E-state index >= 15 is 0 Å². The number of nitrogens with one attached hydrogen (secondary N) is 1. The lowest BCUT2D eigenvalue weighted by Crippen LogP contribution is -2.52. The minimum Gasteiger partial charge on any atom is -0.486 e. The molecule has 3 rings (SSSR count). The van der Waals surface area contributed by atoms with E-state index in [4.69, 9.17) is 15.2 Å². The number of fused-ring (bicyclic) bond motifs is 1. The molecule has 1 heterocycles. The Bertz CT molecular complexity index is 516. The smallest absolute Gasteiger partial charge is 0.244 e.